The molecule has 2 atom stereocenters. The summed E-state index contributed by atoms with van der Waals surface area (Å²) in [5, 5.41) is 11.7. The molecule has 5 heterocycles. The first-order valence-corrected chi connectivity index (χ1v) is 23.0. The number of piperidine rings is 1. The highest BCUT2D eigenvalue weighted by atomic mass is 16.5. The van der Waals surface area contributed by atoms with Gasteiger partial charge in [0.2, 0.25) is 17.7 Å². The summed E-state index contributed by atoms with van der Waals surface area (Å²) in [5.74, 6) is 8.87. The van der Waals surface area contributed by atoms with Crippen LogP contribution in [0.5, 0.6) is 0 Å². The molecular formula is C47H93N7O2. The standard InChI is InChI=1S/C11H23N.2C10H21N.2C8H14N2O/c1-9(2)11-5-7-12(8-6-11)10(3)4;1-8(2)10-5-6-11(7-10)9(3)4;1-8(2)10-6-5-7-11(10)9(3)4;1-5(2)7-9-10-8(11-7)6(3)4;1-5(2)7-9-8(6(3)4)11-10-7/h9-11H,5-8H2,1-4H3;2*8-10H,5-7H2,1-4H3;2*5-6H,1-4H3. The van der Waals surface area contributed by atoms with Crippen LogP contribution in [0.1, 0.15) is 218 Å². The molecule has 0 aromatic carbocycles. The molecule has 3 aliphatic heterocycles. The molecule has 3 aliphatic rings. The van der Waals surface area contributed by atoms with Crippen molar-refractivity contribution in [3.05, 3.63) is 23.5 Å². The van der Waals surface area contributed by atoms with Crippen molar-refractivity contribution in [2.24, 2.45) is 29.6 Å². The molecule has 5 rings (SSSR count). The van der Waals surface area contributed by atoms with Gasteiger partial charge in [-0.1, -0.05) is 102 Å². The lowest BCUT2D eigenvalue weighted by molar-refractivity contribution is 0.129. The second kappa shape index (κ2) is 26.3. The molecule has 9 heteroatoms. The van der Waals surface area contributed by atoms with Crippen molar-refractivity contribution < 1.29 is 8.94 Å². The van der Waals surface area contributed by atoms with Gasteiger partial charge in [0.15, 0.2) is 5.82 Å². The topological polar surface area (TPSA) is 87.6 Å². The molecule has 2 aromatic rings. The van der Waals surface area contributed by atoms with E-state index in [0.29, 0.717) is 23.7 Å². The lowest BCUT2D eigenvalue weighted by Crippen LogP contribution is -2.39. The SMILES string of the molecule is CC(C)C1CCCN1C(C)C.CC(C)C1CCN(C(C)C)C1.CC(C)C1CCN(C(C)C)CC1.CC(C)c1nnc(C(C)C)o1.CC(C)c1noc(C(C)C)n1. The van der Waals surface area contributed by atoms with E-state index in [9.17, 15) is 0 Å². The van der Waals surface area contributed by atoms with E-state index in [1.54, 1.807) is 0 Å². The zero-order valence-corrected chi connectivity index (χ0v) is 40.5. The van der Waals surface area contributed by atoms with Crippen LogP contribution in [0.3, 0.4) is 0 Å². The van der Waals surface area contributed by atoms with E-state index in [-0.39, 0.29) is 0 Å². The quantitative estimate of drug-likeness (QED) is 0.233. The Morgan fingerprint density at radius 2 is 0.946 bits per heavy atom. The van der Waals surface area contributed by atoms with Gasteiger partial charge in [-0.05, 0) is 129 Å². The summed E-state index contributed by atoms with van der Waals surface area (Å²) in [7, 11) is 0. The van der Waals surface area contributed by atoms with Crippen molar-refractivity contribution in [3.63, 3.8) is 0 Å². The number of hydrogen-bond donors (Lipinski definition) is 0. The van der Waals surface area contributed by atoms with Gasteiger partial charge in [-0.3, -0.25) is 4.90 Å². The van der Waals surface area contributed by atoms with Gasteiger partial charge in [0.05, 0.1) is 0 Å². The Kier molecular flexibility index (Phi) is 24.5. The minimum absolute atomic E-state index is 0.329. The molecule has 0 spiro atoms. The minimum atomic E-state index is 0.329. The Hall–Kier alpha value is -1.84. The molecule has 0 N–H and O–H groups in total. The van der Waals surface area contributed by atoms with E-state index < -0.39 is 0 Å². The van der Waals surface area contributed by atoms with Gasteiger partial charge < -0.3 is 18.7 Å². The van der Waals surface area contributed by atoms with E-state index in [4.69, 9.17) is 8.94 Å². The Bertz CT molecular complexity index is 1120. The van der Waals surface area contributed by atoms with Gasteiger partial charge in [-0.15, -0.1) is 10.2 Å². The molecule has 0 aliphatic carbocycles. The largest absolute Gasteiger partial charge is 0.425 e. The highest BCUT2D eigenvalue weighted by molar-refractivity contribution is 4.94. The van der Waals surface area contributed by atoms with Gasteiger partial charge in [0.25, 0.3) is 0 Å². The van der Waals surface area contributed by atoms with Crippen LogP contribution in [-0.4, -0.2) is 91.9 Å². The first-order valence-electron chi connectivity index (χ1n) is 23.0. The fourth-order valence-corrected chi connectivity index (χ4v) is 7.53. The first-order chi connectivity index (χ1) is 26.1. The van der Waals surface area contributed by atoms with Crippen molar-refractivity contribution >= 4 is 0 Å². The molecule has 3 saturated heterocycles. The molecule has 0 amide bonds. The molecular weight excluding hydrogens is 695 g/mol. The molecule has 56 heavy (non-hydrogen) atoms. The Balaban J connectivity index is 0.000000350. The number of nitrogens with zero attached hydrogens (tertiary/aromatic N) is 7. The zero-order chi connectivity index (χ0) is 42.9. The van der Waals surface area contributed by atoms with Gasteiger partial charge in [0.1, 0.15) is 0 Å². The Labute approximate surface area is 347 Å². The number of likely N-dealkylation sites (tertiary alicyclic amines) is 3. The Morgan fingerprint density at radius 1 is 0.482 bits per heavy atom. The summed E-state index contributed by atoms with van der Waals surface area (Å²) >= 11 is 0. The molecule has 2 aromatic heterocycles. The van der Waals surface area contributed by atoms with Crippen LogP contribution in [0.25, 0.3) is 0 Å². The molecule has 3 fully saturated rings. The van der Waals surface area contributed by atoms with Crippen molar-refractivity contribution in [1.29, 1.82) is 0 Å². The molecule has 328 valence electrons. The average Bonchev–Trinajstić information content (AvgIpc) is 3.96. The summed E-state index contributed by atoms with van der Waals surface area (Å²) in [4.78, 5) is 12.1. The predicted octanol–water partition coefficient (Wildman–Crippen LogP) is 12.3. The lowest BCUT2D eigenvalue weighted by Gasteiger charge is -2.36. The van der Waals surface area contributed by atoms with Gasteiger partial charge in [-0.25, -0.2) is 0 Å². The third-order valence-electron chi connectivity index (χ3n) is 11.9. The summed E-state index contributed by atoms with van der Waals surface area (Å²) in [5.41, 5.74) is 0. The number of rotatable bonds is 10. The van der Waals surface area contributed by atoms with Crippen LogP contribution in [0, 0.1) is 29.6 Å². The van der Waals surface area contributed by atoms with Crippen molar-refractivity contribution in [1.82, 2.24) is 35.0 Å². The molecule has 0 bridgehead atoms. The predicted molar refractivity (Wildman–Crippen MR) is 239 cm³/mol. The highest BCUT2D eigenvalue weighted by Crippen LogP contribution is 2.27. The summed E-state index contributed by atoms with van der Waals surface area (Å²) < 4.78 is 10.4. The maximum atomic E-state index is 5.38. The number of aromatic nitrogens is 4. The smallest absolute Gasteiger partial charge is 0.229 e. The molecule has 2 unspecified atom stereocenters. The average molecular weight is 788 g/mol. The third kappa shape index (κ3) is 18.8. The van der Waals surface area contributed by atoms with Crippen molar-refractivity contribution in [3.8, 4) is 0 Å². The monoisotopic (exact) mass is 788 g/mol. The number of hydrogen-bond acceptors (Lipinski definition) is 9. The summed E-state index contributed by atoms with van der Waals surface area (Å²) in [6, 6.07) is 3.09. The second-order valence-electron chi connectivity index (χ2n) is 20.0. The molecule has 0 radical (unpaired) electrons. The van der Waals surface area contributed by atoms with Gasteiger partial charge in [-0.2, -0.15) is 4.98 Å². The highest BCUT2D eigenvalue weighted by Gasteiger charge is 2.28. The van der Waals surface area contributed by atoms with Crippen LogP contribution < -0.4 is 0 Å². The van der Waals surface area contributed by atoms with Gasteiger partial charge in [0, 0.05) is 54.4 Å². The third-order valence-corrected chi connectivity index (χ3v) is 11.9. The van der Waals surface area contributed by atoms with Crippen LogP contribution in [0.4, 0.5) is 0 Å². The first kappa shape index (κ1) is 52.2. The van der Waals surface area contributed by atoms with E-state index in [1.807, 2.05) is 41.5 Å². The normalized spacial score (nSPS) is 20.0. The fourth-order valence-electron chi connectivity index (χ4n) is 7.53. The summed E-state index contributed by atoms with van der Waals surface area (Å²) in [6.07, 6.45) is 7.05. The van der Waals surface area contributed by atoms with Crippen molar-refractivity contribution in [2.45, 2.75) is 218 Å². The fraction of sp³-hybridized carbons (Fsp3) is 0.915. The van der Waals surface area contributed by atoms with E-state index in [1.165, 1.54) is 64.8 Å². The van der Waals surface area contributed by atoms with Crippen LogP contribution in [0.2, 0.25) is 0 Å². The summed E-state index contributed by atoms with van der Waals surface area (Å²) in [6.45, 7) is 50.8. The van der Waals surface area contributed by atoms with E-state index in [0.717, 1.165) is 77.3 Å². The Morgan fingerprint density at radius 3 is 1.23 bits per heavy atom. The van der Waals surface area contributed by atoms with Gasteiger partial charge >= 0.3 is 0 Å². The second-order valence-corrected chi connectivity index (χ2v) is 20.0. The minimum Gasteiger partial charge on any atom is -0.425 e. The lowest BCUT2D eigenvalue weighted by atomic mass is 9.86. The van der Waals surface area contributed by atoms with Crippen LogP contribution in [-0.2, 0) is 0 Å². The molecule has 9 nitrogen and oxygen atoms in total. The van der Waals surface area contributed by atoms with Crippen molar-refractivity contribution in [2.75, 3.05) is 32.7 Å². The molecule has 0 saturated carbocycles. The maximum absolute atomic E-state index is 5.38. The van der Waals surface area contributed by atoms with Crippen LogP contribution in [0.15, 0.2) is 8.94 Å². The maximum Gasteiger partial charge on any atom is 0.229 e. The van der Waals surface area contributed by atoms with Crippen LogP contribution >= 0.6 is 0 Å². The van der Waals surface area contributed by atoms with E-state index >= 15 is 0 Å². The zero-order valence-electron chi connectivity index (χ0n) is 40.5. The van der Waals surface area contributed by atoms with E-state index in [2.05, 4.69) is 132 Å².